The third-order valence-electron chi connectivity index (χ3n) is 3.57. The van der Waals surface area contributed by atoms with Crippen LogP contribution in [0.1, 0.15) is 17.4 Å². The zero-order valence-corrected chi connectivity index (χ0v) is 11.9. The summed E-state index contributed by atoms with van der Waals surface area (Å²) in [6.45, 7) is 1.08. The second-order valence-corrected chi connectivity index (χ2v) is 7.67. The number of rotatable bonds is 2. The van der Waals surface area contributed by atoms with E-state index in [1.807, 2.05) is 18.2 Å². The lowest BCUT2D eigenvalue weighted by atomic mass is 9.98. The standard InChI is InChI=1S/C13H15ClO4S/c14-13(10-3-6-19(15,16)8-10)9-1-2-11-12(7-9)18-5-4-17-11/h1-2,7,10,13H,3-6,8H2. The molecule has 0 bridgehead atoms. The molecule has 2 atom stereocenters. The molecule has 2 aliphatic rings. The number of sulfone groups is 1. The Kier molecular flexibility index (Phi) is 3.35. The number of ether oxygens (including phenoxy) is 2. The van der Waals surface area contributed by atoms with Crippen molar-refractivity contribution in [3.63, 3.8) is 0 Å². The summed E-state index contributed by atoms with van der Waals surface area (Å²) < 4.78 is 34.0. The van der Waals surface area contributed by atoms with Gasteiger partial charge in [-0.2, -0.15) is 0 Å². The van der Waals surface area contributed by atoms with Crippen LogP contribution < -0.4 is 9.47 Å². The van der Waals surface area contributed by atoms with Gasteiger partial charge in [0.05, 0.1) is 16.9 Å². The molecule has 0 N–H and O–H groups in total. The Bertz CT molecular complexity index is 584. The van der Waals surface area contributed by atoms with E-state index in [4.69, 9.17) is 21.1 Å². The van der Waals surface area contributed by atoms with E-state index in [0.717, 1.165) is 11.3 Å². The Hall–Kier alpha value is -0.940. The molecule has 0 spiro atoms. The molecule has 104 valence electrons. The second-order valence-electron chi connectivity index (χ2n) is 4.97. The van der Waals surface area contributed by atoms with E-state index in [1.54, 1.807) is 0 Å². The first-order valence-electron chi connectivity index (χ1n) is 6.29. The van der Waals surface area contributed by atoms with Gasteiger partial charge in [-0.1, -0.05) is 6.07 Å². The first-order valence-corrected chi connectivity index (χ1v) is 8.55. The molecule has 1 fully saturated rings. The van der Waals surface area contributed by atoms with Crippen LogP contribution in [0.3, 0.4) is 0 Å². The maximum atomic E-state index is 11.5. The molecule has 19 heavy (non-hydrogen) atoms. The van der Waals surface area contributed by atoms with Crippen LogP contribution in [-0.4, -0.2) is 33.1 Å². The number of hydrogen-bond acceptors (Lipinski definition) is 4. The van der Waals surface area contributed by atoms with Gasteiger partial charge in [0.15, 0.2) is 21.3 Å². The highest BCUT2D eigenvalue weighted by Crippen LogP contribution is 2.40. The monoisotopic (exact) mass is 302 g/mol. The van der Waals surface area contributed by atoms with Gasteiger partial charge in [0, 0.05) is 0 Å². The molecule has 0 aliphatic carbocycles. The van der Waals surface area contributed by atoms with E-state index < -0.39 is 9.84 Å². The third kappa shape index (κ3) is 2.67. The van der Waals surface area contributed by atoms with Crippen molar-refractivity contribution in [1.82, 2.24) is 0 Å². The van der Waals surface area contributed by atoms with Crippen molar-refractivity contribution < 1.29 is 17.9 Å². The predicted octanol–water partition coefficient (Wildman–Crippen LogP) is 2.17. The van der Waals surface area contributed by atoms with Gasteiger partial charge < -0.3 is 9.47 Å². The second kappa shape index (κ2) is 4.87. The Balaban J connectivity index is 1.82. The molecule has 3 rings (SSSR count). The zero-order chi connectivity index (χ0) is 13.5. The SMILES string of the molecule is O=S1(=O)CCC(C(Cl)c2ccc3c(c2)OCCO3)C1. The number of benzene rings is 1. The average Bonchev–Trinajstić information content (AvgIpc) is 2.78. The molecule has 1 aromatic carbocycles. The normalized spacial score (nSPS) is 26.1. The Morgan fingerprint density at radius 1 is 1.21 bits per heavy atom. The smallest absolute Gasteiger partial charge is 0.161 e. The van der Waals surface area contributed by atoms with Crippen molar-refractivity contribution in [1.29, 1.82) is 0 Å². The predicted molar refractivity (Wildman–Crippen MR) is 72.8 cm³/mol. The van der Waals surface area contributed by atoms with Crippen LogP contribution in [-0.2, 0) is 9.84 Å². The van der Waals surface area contributed by atoms with E-state index in [-0.39, 0.29) is 22.8 Å². The topological polar surface area (TPSA) is 52.6 Å². The highest BCUT2D eigenvalue weighted by Gasteiger charge is 2.33. The lowest BCUT2D eigenvalue weighted by Crippen LogP contribution is -2.16. The molecule has 1 saturated heterocycles. The molecule has 0 amide bonds. The summed E-state index contributed by atoms with van der Waals surface area (Å²) >= 11 is 6.42. The number of hydrogen-bond donors (Lipinski definition) is 0. The minimum absolute atomic E-state index is 0.0192. The van der Waals surface area contributed by atoms with E-state index >= 15 is 0 Å². The number of alkyl halides is 1. The average molecular weight is 303 g/mol. The van der Waals surface area contributed by atoms with Gasteiger partial charge >= 0.3 is 0 Å². The largest absolute Gasteiger partial charge is 0.486 e. The maximum Gasteiger partial charge on any atom is 0.161 e. The molecule has 2 aliphatic heterocycles. The number of fused-ring (bicyclic) bond motifs is 1. The van der Waals surface area contributed by atoms with Crippen LogP contribution in [0.5, 0.6) is 11.5 Å². The van der Waals surface area contributed by atoms with E-state index in [2.05, 4.69) is 0 Å². The molecule has 6 heteroatoms. The summed E-state index contributed by atoms with van der Waals surface area (Å²) in [5.41, 5.74) is 0.896. The lowest BCUT2D eigenvalue weighted by molar-refractivity contribution is 0.171. The highest BCUT2D eigenvalue weighted by atomic mass is 35.5. The van der Waals surface area contributed by atoms with Crippen LogP contribution in [0.2, 0.25) is 0 Å². The Morgan fingerprint density at radius 3 is 2.63 bits per heavy atom. The minimum Gasteiger partial charge on any atom is -0.486 e. The van der Waals surface area contributed by atoms with Crippen LogP contribution in [0, 0.1) is 5.92 Å². The van der Waals surface area contributed by atoms with E-state index in [1.165, 1.54) is 0 Å². The zero-order valence-electron chi connectivity index (χ0n) is 10.3. The van der Waals surface area contributed by atoms with Gasteiger partial charge in [0.1, 0.15) is 13.2 Å². The molecule has 2 heterocycles. The first kappa shape index (κ1) is 13.1. The molecule has 2 unspecified atom stereocenters. The van der Waals surface area contributed by atoms with Crippen LogP contribution in [0.15, 0.2) is 18.2 Å². The van der Waals surface area contributed by atoms with Crippen molar-refractivity contribution >= 4 is 21.4 Å². The number of halogens is 1. The summed E-state index contributed by atoms with van der Waals surface area (Å²) in [6.07, 6.45) is 0.630. The molecule has 0 saturated carbocycles. The highest BCUT2D eigenvalue weighted by molar-refractivity contribution is 7.91. The minimum atomic E-state index is -2.91. The van der Waals surface area contributed by atoms with Crippen molar-refractivity contribution in [3.05, 3.63) is 23.8 Å². The quantitative estimate of drug-likeness (QED) is 0.786. The molecule has 0 radical (unpaired) electrons. The summed E-state index contributed by atoms with van der Waals surface area (Å²) in [5, 5.41) is -0.298. The van der Waals surface area contributed by atoms with Gasteiger partial charge in [-0.3, -0.25) is 0 Å². The van der Waals surface area contributed by atoms with Crippen molar-refractivity contribution in [2.45, 2.75) is 11.8 Å². The van der Waals surface area contributed by atoms with Gasteiger partial charge in [-0.15, -0.1) is 11.6 Å². The fourth-order valence-electron chi connectivity index (χ4n) is 2.56. The molecule has 0 aromatic heterocycles. The fraction of sp³-hybridized carbons (Fsp3) is 0.538. The van der Waals surface area contributed by atoms with Crippen LogP contribution in [0.25, 0.3) is 0 Å². The van der Waals surface area contributed by atoms with Gasteiger partial charge in [0.25, 0.3) is 0 Å². The maximum absolute atomic E-state index is 11.5. The van der Waals surface area contributed by atoms with E-state index in [9.17, 15) is 8.42 Å². The van der Waals surface area contributed by atoms with Crippen LogP contribution >= 0.6 is 11.6 Å². The third-order valence-corrected chi connectivity index (χ3v) is 5.97. The van der Waals surface area contributed by atoms with Crippen molar-refractivity contribution in [2.24, 2.45) is 5.92 Å². The summed E-state index contributed by atoms with van der Waals surface area (Å²) in [7, 11) is -2.91. The van der Waals surface area contributed by atoms with Crippen LogP contribution in [0.4, 0.5) is 0 Å². The van der Waals surface area contributed by atoms with Gasteiger partial charge in [-0.25, -0.2) is 8.42 Å². The first-order chi connectivity index (χ1) is 9.05. The lowest BCUT2D eigenvalue weighted by Gasteiger charge is -2.21. The molecule has 4 nitrogen and oxygen atoms in total. The Labute approximate surface area is 117 Å². The summed E-state index contributed by atoms with van der Waals surface area (Å²) in [6, 6.07) is 5.58. The Morgan fingerprint density at radius 2 is 1.95 bits per heavy atom. The summed E-state index contributed by atoms with van der Waals surface area (Å²) in [5.74, 6) is 1.81. The van der Waals surface area contributed by atoms with Gasteiger partial charge in [0.2, 0.25) is 0 Å². The molecular weight excluding hydrogens is 288 g/mol. The van der Waals surface area contributed by atoms with Crippen molar-refractivity contribution in [3.8, 4) is 11.5 Å². The fourth-order valence-corrected chi connectivity index (χ4v) is 4.85. The van der Waals surface area contributed by atoms with E-state index in [0.29, 0.717) is 25.4 Å². The van der Waals surface area contributed by atoms with Gasteiger partial charge in [-0.05, 0) is 30.0 Å². The molecular formula is C13H15ClO4S. The van der Waals surface area contributed by atoms with Crippen molar-refractivity contribution in [2.75, 3.05) is 24.7 Å². The summed E-state index contributed by atoms with van der Waals surface area (Å²) in [4.78, 5) is 0. The molecule has 1 aromatic rings.